The van der Waals surface area contributed by atoms with Gasteiger partial charge in [0.05, 0.1) is 10.4 Å². The summed E-state index contributed by atoms with van der Waals surface area (Å²) in [5.74, 6) is -2.16. The number of nitrogens with one attached hydrogen (secondary N) is 3. The average molecular weight is 1260 g/mol. The molecule has 3 aromatic carbocycles. The Balaban J connectivity index is 0.878. The SMILES string of the molecule is Cc1csc2c(OC(=O)N(C)CC(C)(C)CN(C)C(=O)OCc3ccc(N(C(=O)[C@@H](NC(=O)CCCCCN4C(=O)C=CC4=O)C(C)C)[C@@H](CCCNC(N)=O)C(N)=O)cc3)cc3c(c12)[C@H](CCl)CN3C(=O)c1cc2cc(OCCN3CCCC3)ccc2[nH]1. The van der Waals surface area contributed by atoms with Crippen molar-refractivity contribution >= 4 is 109 Å². The molecule has 7 N–H and O–H groups in total. The number of unbranched alkanes of at least 4 members (excludes halogenated alkanes) is 2. The van der Waals surface area contributed by atoms with Gasteiger partial charge < -0.3 is 56.0 Å². The molecule has 5 heterocycles. The number of hydrogen-bond donors (Lipinski definition) is 5. The van der Waals surface area contributed by atoms with Gasteiger partial charge in [-0.25, -0.2) is 14.4 Å². The highest BCUT2D eigenvalue weighted by atomic mass is 35.5. The monoisotopic (exact) mass is 1260 g/mol. The summed E-state index contributed by atoms with van der Waals surface area (Å²) in [6.45, 7) is 13.8. The maximum Gasteiger partial charge on any atom is 0.415 e. The Kier molecular flexibility index (Phi) is 22.4. The van der Waals surface area contributed by atoms with E-state index >= 15 is 0 Å². The smallest absolute Gasteiger partial charge is 0.415 e. The van der Waals surface area contributed by atoms with E-state index < -0.39 is 59.4 Å². The highest BCUT2D eigenvalue weighted by Crippen LogP contribution is 2.49. The van der Waals surface area contributed by atoms with Crippen molar-refractivity contribution in [3.8, 4) is 11.5 Å². The van der Waals surface area contributed by atoms with Gasteiger partial charge in [0.2, 0.25) is 11.8 Å². The molecule has 3 atom stereocenters. The summed E-state index contributed by atoms with van der Waals surface area (Å²) in [6.07, 6.45) is 5.35. The Morgan fingerprint density at radius 3 is 2.24 bits per heavy atom. The molecule has 3 aliphatic rings. The van der Waals surface area contributed by atoms with Gasteiger partial charge >= 0.3 is 18.2 Å². The number of nitrogens with two attached hydrogens (primary N) is 2. The number of carbonyl (C=O) groups is 9. The first-order valence-electron chi connectivity index (χ1n) is 30.2. The molecule has 0 bridgehead atoms. The lowest BCUT2D eigenvalue weighted by Gasteiger charge is -2.34. The topological polar surface area (TPSA) is 293 Å². The molecule has 478 valence electrons. The number of primary amides is 2. The second-order valence-corrected chi connectivity index (χ2v) is 25.5. The van der Waals surface area contributed by atoms with Gasteiger partial charge in [0, 0.05) is 117 Å². The molecule has 89 heavy (non-hydrogen) atoms. The molecule has 10 amide bonds. The summed E-state index contributed by atoms with van der Waals surface area (Å²) in [4.78, 5) is 131. The number of halogens is 1. The molecule has 0 aliphatic carbocycles. The molecule has 5 aromatic rings. The number of hydrogen-bond acceptors (Lipinski definition) is 14. The summed E-state index contributed by atoms with van der Waals surface area (Å²) < 4.78 is 18.8. The Morgan fingerprint density at radius 2 is 1.57 bits per heavy atom. The normalized spacial score (nSPS) is 15.6. The lowest BCUT2D eigenvalue weighted by Crippen LogP contribution is -2.57. The van der Waals surface area contributed by atoms with Gasteiger partial charge in [0.1, 0.15) is 36.7 Å². The van der Waals surface area contributed by atoms with Crippen molar-refractivity contribution in [1.82, 2.24) is 35.2 Å². The van der Waals surface area contributed by atoms with Crippen LogP contribution in [0.2, 0.25) is 0 Å². The number of rotatable bonds is 29. The van der Waals surface area contributed by atoms with Crippen molar-refractivity contribution in [3.63, 3.8) is 0 Å². The minimum absolute atomic E-state index is 0.0342. The fraction of sp³-hybridized carbons (Fsp3) is 0.484. The molecule has 0 unspecified atom stereocenters. The minimum Gasteiger partial charge on any atom is -0.492 e. The van der Waals surface area contributed by atoms with Gasteiger partial charge in [-0.05, 0) is 123 Å². The van der Waals surface area contributed by atoms with Crippen molar-refractivity contribution in [2.24, 2.45) is 22.8 Å². The van der Waals surface area contributed by atoms with E-state index in [4.69, 9.17) is 37.3 Å². The first-order valence-corrected chi connectivity index (χ1v) is 31.6. The summed E-state index contributed by atoms with van der Waals surface area (Å²) >= 11 is 8.09. The molecule has 0 spiro atoms. The van der Waals surface area contributed by atoms with Crippen LogP contribution in [0.4, 0.5) is 25.8 Å². The predicted molar refractivity (Wildman–Crippen MR) is 341 cm³/mol. The van der Waals surface area contributed by atoms with Crippen molar-refractivity contribution in [2.45, 2.75) is 111 Å². The number of imide groups is 1. The van der Waals surface area contributed by atoms with Gasteiger partial charge in [-0.3, -0.25) is 43.5 Å². The zero-order valence-corrected chi connectivity index (χ0v) is 53.3. The summed E-state index contributed by atoms with van der Waals surface area (Å²) in [5, 5.41) is 9.04. The zero-order chi connectivity index (χ0) is 64.3. The maximum absolute atomic E-state index is 14.6. The van der Waals surface area contributed by atoms with E-state index in [1.165, 1.54) is 51.0 Å². The average Bonchev–Trinajstić information content (AvgIpc) is 1.62. The fourth-order valence-corrected chi connectivity index (χ4v) is 13.1. The molecule has 25 heteroatoms. The molecule has 2 aromatic heterocycles. The number of urea groups is 1. The second-order valence-electron chi connectivity index (χ2n) is 24.3. The van der Waals surface area contributed by atoms with Crippen LogP contribution in [0, 0.1) is 18.3 Å². The molecule has 3 aliphatic heterocycles. The number of fused-ring (bicyclic) bond motifs is 4. The third kappa shape index (κ3) is 16.7. The van der Waals surface area contributed by atoms with E-state index in [1.54, 1.807) is 63.2 Å². The number of aromatic nitrogens is 1. The van der Waals surface area contributed by atoms with Crippen molar-refractivity contribution in [1.29, 1.82) is 0 Å². The van der Waals surface area contributed by atoms with Crippen LogP contribution in [0.25, 0.3) is 21.0 Å². The number of carbonyl (C=O) groups excluding carboxylic acids is 9. The first kappa shape index (κ1) is 66.7. The van der Waals surface area contributed by atoms with E-state index in [2.05, 4.69) is 20.5 Å². The van der Waals surface area contributed by atoms with E-state index in [0.29, 0.717) is 55.1 Å². The number of H-pyrrole nitrogens is 1. The van der Waals surface area contributed by atoms with Gasteiger partial charge in [-0.1, -0.05) is 46.2 Å². The number of ether oxygens (including phenoxy) is 3. The van der Waals surface area contributed by atoms with Crippen molar-refractivity contribution in [3.05, 3.63) is 94.5 Å². The van der Waals surface area contributed by atoms with Gasteiger partial charge in [0.25, 0.3) is 23.6 Å². The lowest BCUT2D eigenvalue weighted by atomic mass is 9.92. The number of aryl methyl sites for hydroxylation is 1. The standard InChI is InChI=1S/C64H82ClN11O12S/c1-39(2)56(70-51(77)15-9-8-10-27-74-52(78)22-23-53(74)79)60(82)76(48(58(66)80)14-13-24-68-61(67)83)44-18-16-41(17-19-44)35-87-62(84)71(6)37-64(4,5)38-72(7)63(85)88-50-32-49-55(54-40(3)36-89-57(50)54)43(33-65)34-75(49)59(81)47-31-42-30-45(20-21-46(42)69-47)86-29-28-73-25-11-12-26-73/h16-23,30-32,36,39,43,48,56,69H,8-15,24-29,33-35,37-38H2,1-7H3,(H2,66,80)(H,70,77)(H3,67,68,83)/t43-,48+,56+/m1/s1. The fourth-order valence-electron chi connectivity index (χ4n) is 11.9. The van der Waals surface area contributed by atoms with Crippen LogP contribution in [0.1, 0.15) is 112 Å². The zero-order valence-electron chi connectivity index (χ0n) is 51.7. The first-order chi connectivity index (χ1) is 42.4. The lowest BCUT2D eigenvalue weighted by molar-refractivity contribution is -0.137. The van der Waals surface area contributed by atoms with Crippen LogP contribution < -0.4 is 41.4 Å². The van der Waals surface area contributed by atoms with Crippen LogP contribution in [-0.2, 0) is 35.3 Å². The summed E-state index contributed by atoms with van der Waals surface area (Å²) in [5.41, 5.74) is 15.1. The van der Waals surface area contributed by atoms with Crippen molar-refractivity contribution < 1.29 is 57.4 Å². The third-order valence-corrected chi connectivity index (χ3v) is 17.7. The predicted octanol–water partition coefficient (Wildman–Crippen LogP) is 8.14. The highest BCUT2D eigenvalue weighted by Gasteiger charge is 2.39. The van der Waals surface area contributed by atoms with Crippen molar-refractivity contribution in [2.75, 3.05) is 88.7 Å². The number of alkyl halides is 1. The van der Waals surface area contributed by atoms with Gasteiger partial charge in [0.15, 0.2) is 5.75 Å². The third-order valence-electron chi connectivity index (χ3n) is 16.2. The number of likely N-dealkylation sites (tertiary alicyclic amines) is 1. The summed E-state index contributed by atoms with van der Waals surface area (Å²) in [7, 11) is 3.20. The van der Waals surface area contributed by atoms with E-state index in [1.807, 2.05) is 50.4 Å². The molecular weight excluding hydrogens is 1180 g/mol. The van der Waals surface area contributed by atoms with Crippen LogP contribution in [-0.4, -0.2) is 169 Å². The molecular formula is C64H82ClN11O12S. The largest absolute Gasteiger partial charge is 0.492 e. The molecule has 23 nitrogen and oxygen atoms in total. The molecule has 0 saturated carbocycles. The molecule has 0 radical (unpaired) electrons. The van der Waals surface area contributed by atoms with E-state index in [-0.39, 0.29) is 87.3 Å². The van der Waals surface area contributed by atoms with E-state index in [0.717, 1.165) is 62.4 Å². The van der Waals surface area contributed by atoms with E-state index in [9.17, 15) is 43.2 Å². The number of thiophene rings is 1. The highest BCUT2D eigenvalue weighted by molar-refractivity contribution is 7.17. The van der Waals surface area contributed by atoms with Gasteiger partial charge in [-0.2, -0.15) is 0 Å². The van der Waals surface area contributed by atoms with Crippen LogP contribution in [0.5, 0.6) is 11.5 Å². The number of anilines is 2. The van der Waals surface area contributed by atoms with Crippen LogP contribution in [0.15, 0.2) is 72.1 Å². The number of aromatic amines is 1. The quantitative estimate of drug-likeness (QED) is 0.0172. The van der Waals surface area contributed by atoms with Gasteiger partial charge in [-0.15, -0.1) is 22.9 Å². The summed E-state index contributed by atoms with van der Waals surface area (Å²) in [6, 6.07) is 12.7. The second kappa shape index (κ2) is 29.9. The number of amides is 10. The Morgan fingerprint density at radius 1 is 0.876 bits per heavy atom. The number of benzene rings is 3. The molecule has 1 fully saturated rings. The van der Waals surface area contributed by atoms with Crippen LogP contribution >= 0.6 is 22.9 Å². The maximum atomic E-state index is 14.6. The van der Waals surface area contributed by atoms with Crippen LogP contribution in [0.3, 0.4) is 0 Å². The minimum atomic E-state index is -1.21. The molecule has 1 saturated heterocycles. The Bertz CT molecular complexity index is 3450. The number of nitrogens with zero attached hydrogens (tertiary/aromatic N) is 6. The molecule has 8 rings (SSSR count). The Labute approximate surface area is 527 Å². The Hall–Kier alpha value is -8.22.